The van der Waals surface area contributed by atoms with E-state index in [1.54, 1.807) is 0 Å². The van der Waals surface area contributed by atoms with Crippen LogP contribution in [0.5, 0.6) is 0 Å². The van der Waals surface area contributed by atoms with Crippen molar-refractivity contribution in [1.29, 1.82) is 0 Å². The van der Waals surface area contributed by atoms with Crippen LogP contribution in [0, 0.1) is 10.1 Å². The van der Waals surface area contributed by atoms with E-state index >= 15 is 0 Å². The second-order valence-corrected chi connectivity index (χ2v) is 4.27. The van der Waals surface area contributed by atoms with Crippen molar-refractivity contribution in [2.75, 3.05) is 11.9 Å². The molecule has 0 aliphatic carbocycles. The summed E-state index contributed by atoms with van der Waals surface area (Å²) in [5.41, 5.74) is 3.22. The predicted molar refractivity (Wildman–Crippen MR) is 66.2 cm³/mol. The Kier molecular flexibility index (Phi) is 4.90. The summed E-state index contributed by atoms with van der Waals surface area (Å²) in [6.07, 6.45) is -5.66. The number of halogens is 3. The van der Waals surface area contributed by atoms with E-state index in [1.807, 2.05) is 0 Å². The van der Waals surface area contributed by atoms with Crippen molar-refractivity contribution in [2.24, 2.45) is 5.73 Å². The third-order valence-corrected chi connectivity index (χ3v) is 2.66. The van der Waals surface area contributed by atoms with Crippen LogP contribution in [-0.4, -0.2) is 28.7 Å². The van der Waals surface area contributed by atoms with Crippen molar-refractivity contribution in [3.63, 3.8) is 0 Å². The first-order valence-corrected chi connectivity index (χ1v) is 5.66. The molecule has 0 fully saturated rings. The van der Waals surface area contributed by atoms with Crippen molar-refractivity contribution in [3.05, 3.63) is 33.9 Å². The zero-order valence-electron chi connectivity index (χ0n) is 10.5. The van der Waals surface area contributed by atoms with Gasteiger partial charge in [0.15, 0.2) is 0 Å². The van der Waals surface area contributed by atoms with Crippen LogP contribution in [0.25, 0.3) is 0 Å². The first kappa shape index (κ1) is 16.2. The number of hydrogen-bond acceptors (Lipinski definition) is 5. The molecule has 9 heteroatoms. The first-order valence-electron chi connectivity index (χ1n) is 5.66. The molecule has 112 valence electrons. The lowest BCUT2D eigenvalue weighted by atomic mass is 10.1. The molecule has 0 aliphatic rings. The molecule has 6 nitrogen and oxygen atoms in total. The fraction of sp³-hybridized carbons (Fsp3) is 0.455. The van der Waals surface area contributed by atoms with Gasteiger partial charge in [-0.25, -0.2) is 0 Å². The standard InChI is InChI=1S/C11H14F3N3O3/c1-6(18)9(15)5-16-7-2-3-10(17(19)20)8(4-7)11(12,13)14/h2-4,6,9,16,18H,5,15H2,1H3. The molecular weight excluding hydrogens is 279 g/mol. The molecule has 0 amide bonds. The number of nitrogens with zero attached hydrogens (tertiary/aromatic N) is 1. The number of anilines is 1. The molecule has 20 heavy (non-hydrogen) atoms. The lowest BCUT2D eigenvalue weighted by molar-refractivity contribution is -0.388. The van der Waals surface area contributed by atoms with Crippen LogP contribution >= 0.6 is 0 Å². The summed E-state index contributed by atoms with van der Waals surface area (Å²) < 4.78 is 38.2. The Balaban J connectivity index is 2.99. The highest BCUT2D eigenvalue weighted by Gasteiger charge is 2.38. The third kappa shape index (κ3) is 4.07. The highest BCUT2D eigenvalue weighted by atomic mass is 19.4. The minimum atomic E-state index is -4.83. The zero-order valence-corrected chi connectivity index (χ0v) is 10.5. The van der Waals surface area contributed by atoms with E-state index in [2.05, 4.69) is 5.32 Å². The molecule has 0 saturated carbocycles. The number of nitro benzene ring substituents is 1. The number of hydrogen-bond donors (Lipinski definition) is 3. The zero-order chi connectivity index (χ0) is 15.5. The molecule has 1 aromatic carbocycles. The highest BCUT2D eigenvalue weighted by Crippen LogP contribution is 2.37. The summed E-state index contributed by atoms with van der Waals surface area (Å²) in [7, 11) is 0. The van der Waals surface area contributed by atoms with Gasteiger partial charge in [-0.05, 0) is 19.1 Å². The lowest BCUT2D eigenvalue weighted by Crippen LogP contribution is -2.38. The van der Waals surface area contributed by atoms with E-state index in [1.165, 1.54) is 6.92 Å². The lowest BCUT2D eigenvalue weighted by Gasteiger charge is -2.17. The summed E-state index contributed by atoms with van der Waals surface area (Å²) >= 11 is 0. The number of aliphatic hydroxyl groups excluding tert-OH is 1. The number of nitro groups is 1. The SMILES string of the molecule is CC(O)C(N)CNc1ccc([N+](=O)[O-])c(C(F)(F)F)c1. The molecule has 1 rings (SSSR count). The van der Waals surface area contributed by atoms with Gasteiger partial charge in [-0.2, -0.15) is 13.2 Å². The maximum absolute atomic E-state index is 12.7. The van der Waals surface area contributed by atoms with Crippen molar-refractivity contribution in [3.8, 4) is 0 Å². The van der Waals surface area contributed by atoms with Crippen LogP contribution in [-0.2, 0) is 6.18 Å². The molecule has 2 unspecified atom stereocenters. The summed E-state index contributed by atoms with van der Waals surface area (Å²) in [6, 6.07) is 1.91. The first-order chi connectivity index (χ1) is 9.12. The number of nitrogens with one attached hydrogen (secondary N) is 1. The van der Waals surface area contributed by atoms with Crippen LogP contribution in [0.15, 0.2) is 18.2 Å². The molecule has 1 aromatic rings. The Labute approximate surface area is 112 Å². The molecular formula is C11H14F3N3O3. The fourth-order valence-electron chi connectivity index (χ4n) is 1.44. The minimum Gasteiger partial charge on any atom is -0.392 e. The van der Waals surface area contributed by atoms with Gasteiger partial charge in [0.05, 0.1) is 11.0 Å². The summed E-state index contributed by atoms with van der Waals surface area (Å²) in [5.74, 6) is 0. The highest BCUT2D eigenvalue weighted by molar-refractivity contribution is 5.55. The Morgan fingerprint density at radius 1 is 1.50 bits per heavy atom. The molecule has 0 aromatic heterocycles. The predicted octanol–water partition coefficient (Wildman–Crippen LogP) is 1.73. The summed E-state index contributed by atoms with van der Waals surface area (Å²) in [4.78, 5) is 9.48. The molecule has 0 aliphatic heterocycles. The average Bonchev–Trinajstić information content (AvgIpc) is 2.34. The van der Waals surface area contributed by atoms with E-state index in [4.69, 9.17) is 10.8 Å². The van der Waals surface area contributed by atoms with Gasteiger partial charge in [0.25, 0.3) is 5.69 Å². The van der Waals surface area contributed by atoms with Crippen molar-refractivity contribution < 1.29 is 23.2 Å². The van der Waals surface area contributed by atoms with Crippen LogP contribution in [0.4, 0.5) is 24.5 Å². The molecule has 4 N–H and O–H groups in total. The molecule has 0 bridgehead atoms. The van der Waals surface area contributed by atoms with Gasteiger partial charge in [0.1, 0.15) is 5.56 Å². The Hall–Kier alpha value is -1.87. The maximum Gasteiger partial charge on any atom is 0.423 e. The number of rotatable bonds is 5. The van der Waals surface area contributed by atoms with Gasteiger partial charge in [0.2, 0.25) is 0 Å². The van der Waals surface area contributed by atoms with Crippen LogP contribution in [0.1, 0.15) is 12.5 Å². The summed E-state index contributed by atoms with van der Waals surface area (Å²) in [5, 5.41) is 22.3. The smallest absolute Gasteiger partial charge is 0.392 e. The normalized spacial score (nSPS) is 14.7. The number of aliphatic hydroxyl groups is 1. The quantitative estimate of drug-likeness (QED) is 0.567. The van der Waals surface area contributed by atoms with E-state index in [-0.39, 0.29) is 12.2 Å². The van der Waals surface area contributed by atoms with E-state index in [0.717, 1.165) is 12.1 Å². The monoisotopic (exact) mass is 293 g/mol. The van der Waals surface area contributed by atoms with Crippen molar-refractivity contribution >= 4 is 11.4 Å². The molecule has 2 atom stereocenters. The van der Waals surface area contributed by atoms with Gasteiger partial charge in [-0.1, -0.05) is 0 Å². The molecule has 0 radical (unpaired) electrons. The minimum absolute atomic E-state index is 0.0345. The van der Waals surface area contributed by atoms with Gasteiger partial charge < -0.3 is 16.2 Å². The van der Waals surface area contributed by atoms with Gasteiger partial charge in [-0.15, -0.1) is 0 Å². The second kappa shape index (κ2) is 6.06. The van der Waals surface area contributed by atoms with Crippen LogP contribution < -0.4 is 11.1 Å². The molecule has 0 spiro atoms. The number of alkyl halides is 3. The van der Waals surface area contributed by atoms with Crippen LogP contribution in [0.3, 0.4) is 0 Å². The average molecular weight is 293 g/mol. The Morgan fingerprint density at radius 3 is 2.55 bits per heavy atom. The summed E-state index contributed by atoms with van der Waals surface area (Å²) in [6.45, 7) is 1.48. The maximum atomic E-state index is 12.7. The van der Waals surface area contributed by atoms with Crippen LogP contribution in [0.2, 0.25) is 0 Å². The fourth-order valence-corrected chi connectivity index (χ4v) is 1.44. The Bertz CT molecular complexity index is 492. The van der Waals surface area contributed by atoms with Crippen molar-refractivity contribution in [2.45, 2.75) is 25.2 Å². The van der Waals surface area contributed by atoms with Gasteiger partial charge in [-0.3, -0.25) is 10.1 Å². The van der Waals surface area contributed by atoms with Gasteiger partial charge in [0, 0.05) is 24.3 Å². The largest absolute Gasteiger partial charge is 0.423 e. The molecule has 0 heterocycles. The van der Waals surface area contributed by atoms with E-state index < -0.39 is 34.5 Å². The van der Waals surface area contributed by atoms with E-state index in [9.17, 15) is 23.3 Å². The topological polar surface area (TPSA) is 101 Å². The second-order valence-electron chi connectivity index (χ2n) is 4.27. The number of nitrogens with two attached hydrogens (primary N) is 1. The number of benzene rings is 1. The molecule has 0 saturated heterocycles. The Morgan fingerprint density at radius 2 is 2.10 bits per heavy atom. The van der Waals surface area contributed by atoms with Gasteiger partial charge >= 0.3 is 6.18 Å². The third-order valence-electron chi connectivity index (χ3n) is 2.66. The van der Waals surface area contributed by atoms with Crippen molar-refractivity contribution in [1.82, 2.24) is 0 Å². The van der Waals surface area contributed by atoms with E-state index in [0.29, 0.717) is 6.07 Å².